The maximum atomic E-state index is 12.1. The Morgan fingerprint density at radius 2 is 1.86 bits per heavy atom. The molecular weight excluding hydrogens is 302 g/mol. The molecule has 1 N–H and O–H groups in total. The van der Waals surface area contributed by atoms with Crippen LogP contribution in [0, 0.1) is 6.92 Å². The lowest BCUT2D eigenvalue weighted by Gasteiger charge is -2.13. The minimum atomic E-state index is -0.143. The van der Waals surface area contributed by atoms with Crippen molar-refractivity contribution in [3.05, 3.63) is 64.7 Å². The molecule has 4 heteroatoms. The molecule has 0 aliphatic heterocycles. The Kier molecular flexibility index (Phi) is 5.71. The van der Waals surface area contributed by atoms with Gasteiger partial charge in [-0.1, -0.05) is 35.9 Å². The predicted molar refractivity (Wildman–Crippen MR) is 89.8 cm³/mol. The zero-order chi connectivity index (χ0) is 15.2. The highest BCUT2D eigenvalue weighted by Gasteiger charge is 2.14. The normalized spacial score (nSPS) is 12.0. The molecule has 1 atom stereocenters. The molecule has 1 amide bonds. The smallest absolute Gasteiger partial charge is 0.233 e. The van der Waals surface area contributed by atoms with Crippen molar-refractivity contribution >= 4 is 29.3 Å². The van der Waals surface area contributed by atoms with Crippen LogP contribution in [0.3, 0.4) is 0 Å². The molecule has 110 valence electrons. The topological polar surface area (TPSA) is 29.1 Å². The first kappa shape index (κ1) is 15.9. The van der Waals surface area contributed by atoms with Crippen LogP contribution in [0.2, 0.25) is 5.02 Å². The van der Waals surface area contributed by atoms with Crippen LogP contribution in [-0.2, 0) is 11.3 Å². The summed E-state index contributed by atoms with van der Waals surface area (Å²) in [7, 11) is 0. The summed E-state index contributed by atoms with van der Waals surface area (Å²) in [6.07, 6.45) is 0. The Hall–Kier alpha value is -1.45. The number of hydrogen-bond acceptors (Lipinski definition) is 2. The Bertz CT molecular complexity index is 612. The first-order valence-corrected chi connectivity index (χ1v) is 8.06. The number of aryl methyl sites for hydroxylation is 1. The van der Waals surface area contributed by atoms with Crippen LogP contribution in [0.5, 0.6) is 0 Å². The molecule has 0 saturated heterocycles. The number of carbonyl (C=O) groups is 1. The molecule has 1 unspecified atom stereocenters. The summed E-state index contributed by atoms with van der Waals surface area (Å²) in [4.78, 5) is 13.2. The van der Waals surface area contributed by atoms with Crippen LogP contribution in [0.25, 0.3) is 0 Å². The predicted octanol–water partition coefficient (Wildman–Crippen LogP) is 4.45. The van der Waals surface area contributed by atoms with Gasteiger partial charge in [0.15, 0.2) is 0 Å². The lowest BCUT2D eigenvalue weighted by molar-refractivity contribution is -0.120. The Balaban J connectivity index is 1.88. The van der Waals surface area contributed by atoms with Gasteiger partial charge in [0.05, 0.1) is 5.25 Å². The lowest BCUT2D eigenvalue weighted by Crippen LogP contribution is -2.30. The van der Waals surface area contributed by atoms with Gasteiger partial charge in [0.1, 0.15) is 0 Å². The van der Waals surface area contributed by atoms with Gasteiger partial charge < -0.3 is 5.32 Å². The van der Waals surface area contributed by atoms with Crippen molar-refractivity contribution in [2.75, 3.05) is 0 Å². The Morgan fingerprint density at radius 1 is 1.19 bits per heavy atom. The number of nitrogens with one attached hydrogen (secondary N) is 1. The highest BCUT2D eigenvalue weighted by Crippen LogP contribution is 2.24. The molecule has 2 aromatic rings. The number of hydrogen-bond donors (Lipinski definition) is 1. The third-order valence-corrected chi connectivity index (χ3v) is 4.57. The molecule has 2 aromatic carbocycles. The zero-order valence-electron chi connectivity index (χ0n) is 12.1. The molecule has 21 heavy (non-hydrogen) atoms. The summed E-state index contributed by atoms with van der Waals surface area (Å²) in [5.74, 6) is 0.0400. The van der Waals surface area contributed by atoms with Crippen LogP contribution in [0.4, 0.5) is 0 Å². The van der Waals surface area contributed by atoms with Gasteiger partial charge in [-0.25, -0.2) is 0 Å². The molecule has 0 bridgehead atoms. The van der Waals surface area contributed by atoms with Crippen molar-refractivity contribution in [1.29, 1.82) is 0 Å². The second-order valence-electron chi connectivity index (χ2n) is 4.86. The van der Waals surface area contributed by atoms with Crippen molar-refractivity contribution in [2.24, 2.45) is 0 Å². The zero-order valence-corrected chi connectivity index (χ0v) is 13.7. The van der Waals surface area contributed by atoms with Crippen molar-refractivity contribution in [2.45, 2.75) is 30.5 Å². The lowest BCUT2D eigenvalue weighted by atomic mass is 10.1. The number of rotatable bonds is 5. The minimum Gasteiger partial charge on any atom is -0.351 e. The fourth-order valence-corrected chi connectivity index (χ4v) is 2.92. The van der Waals surface area contributed by atoms with Crippen LogP contribution in [0.1, 0.15) is 18.1 Å². The highest BCUT2D eigenvalue weighted by atomic mass is 35.5. The molecule has 0 aromatic heterocycles. The van der Waals surface area contributed by atoms with Crippen molar-refractivity contribution < 1.29 is 4.79 Å². The van der Waals surface area contributed by atoms with E-state index in [1.165, 1.54) is 17.3 Å². The maximum Gasteiger partial charge on any atom is 0.233 e. The standard InChI is InChI=1S/C17H18ClNOS/c1-12-5-3-4-6-14(12)11-19-17(20)13(2)21-16-9-7-15(18)8-10-16/h3-10,13H,11H2,1-2H3,(H,19,20). The molecular formula is C17H18ClNOS. The fraction of sp³-hybridized carbons (Fsp3) is 0.235. The van der Waals surface area contributed by atoms with Gasteiger partial charge in [-0.15, -0.1) is 11.8 Å². The average Bonchev–Trinajstić information content (AvgIpc) is 2.48. The van der Waals surface area contributed by atoms with Gasteiger partial charge in [-0.2, -0.15) is 0 Å². The van der Waals surface area contributed by atoms with Gasteiger partial charge in [-0.05, 0) is 49.2 Å². The van der Waals surface area contributed by atoms with Crippen molar-refractivity contribution in [1.82, 2.24) is 5.32 Å². The number of benzene rings is 2. The summed E-state index contributed by atoms with van der Waals surface area (Å²) >= 11 is 7.38. The molecule has 0 aliphatic carbocycles. The summed E-state index contributed by atoms with van der Waals surface area (Å²) < 4.78 is 0. The first-order valence-electron chi connectivity index (χ1n) is 6.80. The number of carbonyl (C=O) groups excluding carboxylic acids is 1. The molecule has 2 nitrogen and oxygen atoms in total. The molecule has 0 saturated carbocycles. The van der Waals surface area contributed by atoms with Crippen LogP contribution < -0.4 is 5.32 Å². The van der Waals surface area contributed by atoms with E-state index in [1.807, 2.05) is 62.4 Å². The third kappa shape index (κ3) is 4.80. The van der Waals surface area contributed by atoms with Gasteiger partial charge in [0, 0.05) is 16.5 Å². The average molecular weight is 320 g/mol. The van der Waals surface area contributed by atoms with E-state index in [9.17, 15) is 4.79 Å². The van der Waals surface area contributed by atoms with E-state index in [0.717, 1.165) is 10.5 Å². The SMILES string of the molecule is Cc1ccccc1CNC(=O)C(C)Sc1ccc(Cl)cc1. The van der Waals surface area contributed by atoms with Gasteiger partial charge in [0.2, 0.25) is 5.91 Å². The Morgan fingerprint density at radius 3 is 2.52 bits per heavy atom. The number of thioether (sulfide) groups is 1. The van der Waals surface area contributed by atoms with Crippen LogP contribution >= 0.6 is 23.4 Å². The Labute approximate surface area is 134 Å². The van der Waals surface area contributed by atoms with Gasteiger partial charge in [-0.3, -0.25) is 4.79 Å². The minimum absolute atomic E-state index is 0.0400. The van der Waals surface area contributed by atoms with E-state index >= 15 is 0 Å². The molecule has 0 aliphatic rings. The monoisotopic (exact) mass is 319 g/mol. The summed E-state index contributed by atoms with van der Waals surface area (Å²) in [6.45, 7) is 4.52. The molecule has 0 heterocycles. The van der Waals surface area contributed by atoms with E-state index in [4.69, 9.17) is 11.6 Å². The third-order valence-electron chi connectivity index (χ3n) is 3.21. The molecule has 2 rings (SSSR count). The number of halogens is 1. The van der Waals surface area contributed by atoms with E-state index in [2.05, 4.69) is 5.32 Å². The summed E-state index contributed by atoms with van der Waals surface area (Å²) in [6, 6.07) is 15.6. The van der Waals surface area contributed by atoms with E-state index in [0.29, 0.717) is 11.6 Å². The summed E-state index contributed by atoms with van der Waals surface area (Å²) in [5, 5.41) is 3.55. The molecule has 0 fully saturated rings. The van der Waals surface area contributed by atoms with E-state index in [1.54, 1.807) is 0 Å². The maximum absolute atomic E-state index is 12.1. The largest absolute Gasteiger partial charge is 0.351 e. The quantitative estimate of drug-likeness (QED) is 0.825. The summed E-state index contributed by atoms with van der Waals surface area (Å²) in [5.41, 5.74) is 2.34. The fourth-order valence-electron chi connectivity index (χ4n) is 1.91. The van der Waals surface area contributed by atoms with Crippen molar-refractivity contribution in [3.8, 4) is 0 Å². The second kappa shape index (κ2) is 7.53. The van der Waals surface area contributed by atoms with E-state index < -0.39 is 0 Å². The van der Waals surface area contributed by atoms with Gasteiger partial charge in [0.25, 0.3) is 0 Å². The van der Waals surface area contributed by atoms with Gasteiger partial charge >= 0.3 is 0 Å². The number of amides is 1. The van der Waals surface area contributed by atoms with Crippen LogP contribution in [-0.4, -0.2) is 11.2 Å². The molecule has 0 radical (unpaired) electrons. The van der Waals surface area contributed by atoms with Crippen molar-refractivity contribution in [3.63, 3.8) is 0 Å². The van der Waals surface area contributed by atoms with Crippen LogP contribution in [0.15, 0.2) is 53.4 Å². The highest BCUT2D eigenvalue weighted by molar-refractivity contribution is 8.00. The second-order valence-corrected chi connectivity index (χ2v) is 6.71. The molecule has 0 spiro atoms. The first-order chi connectivity index (χ1) is 10.1. The van der Waals surface area contributed by atoms with E-state index in [-0.39, 0.29) is 11.2 Å².